The maximum absolute atomic E-state index is 12.8. The van der Waals surface area contributed by atoms with Crippen LogP contribution in [-0.4, -0.2) is 24.4 Å². The van der Waals surface area contributed by atoms with Gasteiger partial charge in [-0.05, 0) is 30.5 Å². The molecule has 1 saturated heterocycles. The standard InChI is InChI=1S/C16H19ClN2O2/c17-12-5-3-11(4-6-12)16(7-1-2-8-16)15(21)19-13-9-14(20)18-10-13/h3-6,13H,1-2,7-10H2,(H,18,20)(H,19,21)/t13-/m1/s1. The van der Waals surface area contributed by atoms with Crippen molar-refractivity contribution in [2.75, 3.05) is 6.54 Å². The van der Waals surface area contributed by atoms with Crippen LogP contribution in [0.25, 0.3) is 0 Å². The van der Waals surface area contributed by atoms with Crippen molar-refractivity contribution in [2.24, 2.45) is 0 Å². The third-order valence-corrected chi connectivity index (χ3v) is 4.85. The van der Waals surface area contributed by atoms with Gasteiger partial charge in [0.25, 0.3) is 0 Å². The van der Waals surface area contributed by atoms with E-state index in [2.05, 4.69) is 10.6 Å². The predicted molar refractivity (Wildman–Crippen MR) is 81.2 cm³/mol. The lowest BCUT2D eigenvalue weighted by Gasteiger charge is -2.29. The van der Waals surface area contributed by atoms with Crippen molar-refractivity contribution < 1.29 is 9.59 Å². The second-order valence-electron chi connectivity index (χ2n) is 5.97. The van der Waals surface area contributed by atoms with Gasteiger partial charge in [-0.2, -0.15) is 0 Å². The lowest BCUT2D eigenvalue weighted by Crippen LogP contribution is -2.47. The lowest BCUT2D eigenvalue weighted by molar-refractivity contribution is -0.127. The fraction of sp³-hybridized carbons (Fsp3) is 0.500. The summed E-state index contributed by atoms with van der Waals surface area (Å²) in [7, 11) is 0. The van der Waals surface area contributed by atoms with E-state index in [-0.39, 0.29) is 17.9 Å². The first-order chi connectivity index (χ1) is 10.1. The zero-order chi connectivity index (χ0) is 14.9. The number of nitrogens with one attached hydrogen (secondary N) is 2. The van der Waals surface area contributed by atoms with E-state index in [0.29, 0.717) is 18.0 Å². The highest BCUT2D eigenvalue weighted by molar-refractivity contribution is 6.30. The van der Waals surface area contributed by atoms with Crippen LogP contribution in [0.3, 0.4) is 0 Å². The SMILES string of the molecule is O=C1C[C@@H](NC(=O)C2(c3ccc(Cl)cc3)CCCC2)CN1. The second-order valence-corrected chi connectivity index (χ2v) is 6.41. The van der Waals surface area contributed by atoms with Gasteiger partial charge in [0, 0.05) is 18.0 Å². The molecule has 1 aromatic rings. The molecule has 0 bridgehead atoms. The highest BCUT2D eigenvalue weighted by Crippen LogP contribution is 2.41. The molecule has 1 atom stereocenters. The Morgan fingerprint density at radius 1 is 1.24 bits per heavy atom. The quantitative estimate of drug-likeness (QED) is 0.899. The van der Waals surface area contributed by atoms with E-state index in [9.17, 15) is 9.59 Å². The maximum Gasteiger partial charge on any atom is 0.230 e. The monoisotopic (exact) mass is 306 g/mol. The molecule has 1 heterocycles. The van der Waals surface area contributed by atoms with E-state index in [0.717, 1.165) is 31.2 Å². The fourth-order valence-corrected chi connectivity index (χ4v) is 3.55. The van der Waals surface area contributed by atoms with Crippen LogP contribution in [0.2, 0.25) is 5.02 Å². The summed E-state index contributed by atoms with van der Waals surface area (Å²) in [5, 5.41) is 6.48. The Balaban J connectivity index is 1.81. The zero-order valence-electron chi connectivity index (χ0n) is 11.8. The Morgan fingerprint density at radius 3 is 2.48 bits per heavy atom. The van der Waals surface area contributed by atoms with Crippen molar-refractivity contribution in [2.45, 2.75) is 43.6 Å². The summed E-state index contributed by atoms with van der Waals surface area (Å²) in [4.78, 5) is 24.1. The number of carbonyl (C=O) groups excluding carboxylic acids is 2. The Labute approximate surface area is 129 Å². The van der Waals surface area contributed by atoms with Gasteiger partial charge in [0.1, 0.15) is 0 Å². The molecule has 1 aliphatic heterocycles. The van der Waals surface area contributed by atoms with E-state index in [1.54, 1.807) is 0 Å². The van der Waals surface area contributed by atoms with Gasteiger partial charge in [0.2, 0.25) is 11.8 Å². The Hall–Kier alpha value is -1.55. The topological polar surface area (TPSA) is 58.2 Å². The number of benzene rings is 1. The molecule has 0 aromatic heterocycles. The van der Waals surface area contributed by atoms with Gasteiger partial charge in [-0.3, -0.25) is 9.59 Å². The van der Waals surface area contributed by atoms with E-state index >= 15 is 0 Å². The molecule has 0 unspecified atom stereocenters. The third kappa shape index (κ3) is 2.77. The molecule has 2 aliphatic rings. The van der Waals surface area contributed by atoms with Crippen molar-refractivity contribution in [1.29, 1.82) is 0 Å². The molecule has 2 fully saturated rings. The van der Waals surface area contributed by atoms with E-state index in [1.807, 2.05) is 24.3 Å². The minimum absolute atomic E-state index is 0.00673. The third-order valence-electron chi connectivity index (χ3n) is 4.60. The summed E-state index contributed by atoms with van der Waals surface area (Å²) in [6, 6.07) is 7.49. The second kappa shape index (κ2) is 5.68. The van der Waals surface area contributed by atoms with Crippen molar-refractivity contribution in [3.05, 3.63) is 34.9 Å². The summed E-state index contributed by atoms with van der Waals surface area (Å²) in [5.74, 6) is 0.0519. The number of hydrogen-bond acceptors (Lipinski definition) is 2. The molecule has 1 saturated carbocycles. The van der Waals surface area contributed by atoms with Crippen LogP contribution in [0.4, 0.5) is 0 Å². The van der Waals surface area contributed by atoms with Crippen LogP contribution < -0.4 is 10.6 Å². The van der Waals surface area contributed by atoms with Crippen molar-refractivity contribution in [1.82, 2.24) is 10.6 Å². The lowest BCUT2D eigenvalue weighted by atomic mass is 9.78. The number of halogens is 1. The fourth-order valence-electron chi connectivity index (χ4n) is 3.43. The molecule has 3 rings (SSSR count). The van der Waals surface area contributed by atoms with Gasteiger partial charge >= 0.3 is 0 Å². The van der Waals surface area contributed by atoms with Gasteiger partial charge in [-0.1, -0.05) is 36.6 Å². The molecule has 2 amide bonds. The number of amides is 2. The first kappa shape index (κ1) is 14.4. The minimum Gasteiger partial charge on any atom is -0.354 e. The van der Waals surface area contributed by atoms with Gasteiger partial charge in [-0.15, -0.1) is 0 Å². The van der Waals surface area contributed by atoms with Crippen molar-refractivity contribution in [3.63, 3.8) is 0 Å². The van der Waals surface area contributed by atoms with Crippen molar-refractivity contribution >= 4 is 23.4 Å². The molecule has 1 aromatic carbocycles. The molecule has 0 spiro atoms. The summed E-state index contributed by atoms with van der Waals surface area (Å²) in [6.07, 6.45) is 4.20. The minimum atomic E-state index is -0.462. The summed E-state index contributed by atoms with van der Waals surface area (Å²) < 4.78 is 0. The van der Waals surface area contributed by atoms with Gasteiger partial charge in [0.15, 0.2) is 0 Å². The zero-order valence-corrected chi connectivity index (χ0v) is 12.6. The van der Waals surface area contributed by atoms with E-state index in [1.165, 1.54) is 0 Å². The molecule has 4 nitrogen and oxygen atoms in total. The number of rotatable bonds is 3. The van der Waals surface area contributed by atoms with Gasteiger partial charge in [0.05, 0.1) is 11.5 Å². The average Bonchev–Trinajstić information content (AvgIpc) is 3.10. The van der Waals surface area contributed by atoms with Gasteiger partial charge in [-0.25, -0.2) is 0 Å². The predicted octanol–water partition coefficient (Wildman–Crippen LogP) is 2.16. The molecule has 21 heavy (non-hydrogen) atoms. The highest BCUT2D eigenvalue weighted by atomic mass is 35.5. The first-order valence-electron chi connectivity index (χ1n) is 7.44. The molecular formula is C16H19ClN2O2. The van der Waals surface area contributed by atoms with Crippen LogP contribution >= 0.6 is 11.6 Å². The largest absolute Gasteiger partial charge is 0.354 e. The Kier molecular flexibility index (Phi) is 3.89. The average molecular weight is 307 g/mol. The summed E-state index contributed by atoms with van der Waals surface area (Å²) in [6.45, 7) is 0.529. The summed E-state index contributed by atoms with van der Waals surface area (Å²) in [5.41, 5.74) is 0.565. The maximum atomic E-state index is 12.8. The molecular weight excluding hydrogens is 288 g/mol. The van der Waals surface area contributed by atoms with E-state index in [4.69, 9.17) is 11.6 Å². The smallest absolute Gasteiger partial charge is 0.230 e. The molecule has 112 valence electrons. The van der Waals surface area contributed by atoms with Gasteiger partial charge < -0.3 is 10.6 Å². The number of hydrogen-bond donors (Lipinski definition) is 2. The molecule has 2 N–H and O–H groups in total. The normalized spacial score (nSPS) is 23.9. The van der Waals surface area contributed by atoms with Crippen LogP contribution in [0.1, 0.15) is 37.7 Å². The molecule has 0 radical (unpaired) electrons. The van der Waals surface area contributed by atoms with Crippen LogP contribution in [0.5, 0.6) is 0 Å². The first-order valence-corrected chi connectivity index (χ1v) is 7.82. The number of carbonyl (C=O) groups is 2. The summed E-state index contributed by atoms with van der Waals surface area (Å²) >= 11 is 5.95. The highest BCUT2D eigenvalue weighted by Gasteiger charge is 2.43. The molecule has 1 aliphatic carbocycles. The van der Waals surface area contributed by atoms with Crippen molar-refractivity contribution in [3.8, 4) is 0 Å². The Morgan fingerprint density at radius 2 is 1.90 bits per heavy atom. The van der Waals surface area contributed by atoms with Crippen LogP contribution in [0.15, 0.2) is 24.3 Å². The Bertz CT molecular complexity index is 550. The molecule has 5 heteroatoms. The van der Waals surface area contributed by atoms with Crippen LogP contribution in [-0.2, 0) is 15.0 Å². The van der Waals surface area contributed by atoms with Crippen LogP contribution in [0, 0.1) is 0 Å². The van der Waals surface area contributed by atoms with E-state index < -0.39 is 5.41 Å².